The van der Waals surface area contributed by atoms with Crippen molar-refractivity contribution in [3.63, 3.8) is 0 Å². The number of rotatable bonds is 14. The van der Waals surface area contributed by atoms with Crippen LogP contribution in [0.15, 0.2) is 373 Å². The first-order valence-corrected chi connectivity index (χ1v) is 40.9. The van der Waals surface area contributed by atoms with E-state index in [1.165, 1.54) is 63.7 Å². The van der Waals surface area contributed by atoms with E-state index in [0.29, 0.717) is 0 Å². The summed E-state index contributed by atoms with van der Waals surface area (Å²) in [6, 6.07) is 131. The van der Waals surface area contributed by atoms with Gasteiger partial charge in [-0.3, -0.25) is 0 Å². The van der Waals surface area contributed by atoms with Crippen LogP contribution in [0.2, 0.25) is 13.1 Å². The molecule has 90 heavy (non-hydrogen) atoms. The third-order valence-electron chi connectivity index (χ3n) is 14.1. The van der Waals surface area contributed by atoms with Gasteiger partial charge in [0.2, 0.25) is 14.8 Å². The summed E-state index contributed by atoms with van der Waals surface area (Å²) >= 11 is 0. The summed E-state index contributed by atoms with van der Waals surface area (Å²) in [5.41, 5.74) is 0. The fraction of sp³-hybridized carbons (Fsp3) is 0.0270. The second-order valence-electron chi connectivity index (χ2n) is 21.1. The molecule has 456 valence electrons. The van der Waals surface area contributed by atoms with Gasteiger partial charge in [-0.05, 0) is 72.8 Å². The van der Waals surface area contributed by atoms with Gasteiger partial charge >= 0.3 is 63.3 Å². The van der Waals surface area contributed by atoms with E-state index in [1.807, 2.05) is 0 Å². The molecule has 0 saturated carbocycles. The minimum atomic E-state index is -7.25. The Balaban J connectivity index is 0.000000181. The molecule has 12 aromatic carbocycles. The molecule has 0 unspecified atom stereocenters. The molecule has 0 saturated heterocycles. The topological polar surface area (TPSA) is 24.7 Å². The van der Waals surface area contributed by atoms with Crippen LogP contribution in [0.1, 0.15) is 0 Å². The van der Waals surface area contributed by atoms with Gasteiger partial charge < -0.3 is 0 Å². The molecule has 0 fully saturated rings. The molecular weight excluding hydrogens is 1250 g/mol. The van der Waals surface area contributed by atoms with Gasteiger partial charge in [0.05, 0.1) is 0 Å². The Bertz CT molecular complexity index is 3550. The number of nitrogens with zero attached hydrogens (tertiary/aromatic N) is 2. The van der Waals surface area contributed by atoms with Gasteiger partial charge in [-0.25, -0.2) is 0 Å². The van der Waals surface area contributed by atoms with Gasteiger partial charge in [0.1, 0.15) is 45.9 Å². The third-order valence-corrected chi connectivity index (χ3v) is 30.9. The Morgan fingerprint density at radius 2 is 0.300 bits per heavy atom. The fourth-order valence-corrected chi connectivity index (χ4v) is 29.5. The van der Waals surface area contributed by atoms with Crippen molar-refractivity contribution in [2.24, 2.45) is 9.03 Å². The Morgan fingerprint density at radius 1 is 0.200 bits per heavy atom. The second kappa shape index (κ2) is 28.8. The molecular formula is C74H66F8N2P4Si2. The average Bonchev–Trinajstić information content (AvgIpc) is 0.732. The van der Waals surface area contributed by atoms with Gasteiger partial charge in [0.15, 0.2) is 0 Å². The molecule has 0 aromatic heterocycles. The van der Waals surface area contributed by atoms with Crippen LogP contribution in [0, 0.1) is 0 Å². The molecule has 0 bridgehead atoms. The summed E-state index contributed by atoms with van der Waals surface area (Å²) < 4.78 is 97.0. The third kappa shape index (κ3) is 16.8. The van der Waals surface area contributed by atoms with Crippen molar-refractivity contribution in [3.8, 4) is 0 Å². The number of halogens is 8. The molecule has 0 aliphatic carbocycles. The fourth-order valence-electron chi connectivity index (χ4n) is 10.5. The zero-order valence-electron chi connectivity index (χ0n) is 49.3. The predicted octanol–water partition coefficient (Wildman–Crippen LogP) is 17.9. The van der Waals surface area contributed by atoms with Crippen molar-refractivity contribution in [2.45, 2.75) is 13.1 Å². The van der Waals surface area contributed by atoms with E-state index in [9.17, 15) is 32.9 Å². The van der Waals surface area contributed by atoms with Crippen LogP contribution >= 0.6 is 28.9 Å². The minimum absolute atomic E-state index is 0.306. The van der Waals surface area contributed by atoms with Gasteiger partial charge in [0, 0.05) is 31.8 Å². The van der Waals surface area contributed by atoms with E-state index in [4.69, 9.17) is 9.03 Å². The first kappa shape index (κ1) is 66.3. The largest absolute Gasteiger partial charge is 0.228 e. The molecule has 12 rings (SSSR count). The Kier molecular flexibility index (Phi) is 21.2. The molecule has 0 atom stereocenters. The van der Waals surface area contributed by atoms with E-state index < -0.39 is 46.3 Å². The van der Waals surface area contributed by atoms with E-state index in [0.717, 1.165) is 0 Å². The van der Waals surface area contributed by atoms with Crippen molar-refractivity contribution in [1.82, 2.24) is 0 Å². The second-order valence-corrected chi connectivity index (χ2v) is 38.6. The van der Waals surface area contributed by atoms with E-state index >= 15 is 0 Å². The van der Waals surface area contributed by atoms with Crippen LogP contribution in [0.25, 0.3) is 0 Å². The standard InChI is InChI=1S/2C36H30NP2.2CH3F4Si/c2*1-7-19-31(20-8-1)38(32-21-9-2-10-22-32,33-23-11-3-12-24-33)37-39(34-25-13-4-14-26-34,35-27-15-5-16-28-35)36-29-17-6-18-30-36;2*1-6(2,3,4)5/h2*1-30H;2*1H3/q2*+1;2*-1. The van der Waals surface area contributed by atoms with Gasteiger partial charge in [-0.2, -0.15) is 0 Å². The number of hydrogen-bond acceptors (Lipinski definition) is 2. The smallest absolute Gasteiger partial charge is 0.121 e. The van der Waals surface area contributed by atoms with E-state index in [2.05, 4.69) is 364 Å². The van der Waals surface area contributed by atoms with E-state index in [1.54, 1.807) is 0 Å². The molecule has 12 aromatic rings. The average molecular weight is 1320 g/mol. The van der Waals surface area contributed by atoms with Crippen molar-refractivity contribution in [1.29, 1.82) is 0 Å². The maximum Gasteiger partial charge on any atom is 0.228 e. The van der Waals surface area contributed by atoms with Crippen LogP contribution in [-0.4, -0.2) is 17.4 Å². The zero-order chi connectivity index (χ0) is 63.7. The normalized spacial score (nSPS) is 12.6. The van der Waals surface area contributed by atoms with Gasteiger partial charge in [-0.15, -0.1) is 9.03 Å². The van der Waals surface area contributed by atoms with Crippen LogP contribution in [0.3, 0.4) is 0 Å². The molecule has 0 aliphatic rings. The summed E-state index contributed by atoms with van der Waals surface area (Å²) in [5, 5.41) is 15.1. The van der Waals surface area contributed by atoms with E-state index in [-0.39, 0.29) is 13.1 Å². The molecule has 0 amide bonds. The summed E-state index contributed by atoms with van der Waals surface area (Å²) in [6.07, 6.45) is 0. The summed E-state index contributed by atoms with van der Waals surface area (Å²) in [6.45, 7) is -0.611. The van der Waals surface area contributed by atoms with Crippen LogP contribution in [0.5, 0.6) is 0 Å². The zero-order valence-corrected chi connectivity index (χ0v) is 54.9. The maximum absolute atomic E-state index is 10.5. The molecule has 16 heteroatoms. The van der Waals surface area contributed by atoms with Crippen LogP contribution < -0.4 is 63.7 Å². The van der Waals surface area contributed by atoms with Crippen molar-refractivity contribution in [2.75, 3.05) is 0 Å². The quantitative estimate of drug-likeness (QED) is 0.0449. The molecule has 0 heterocycles. The first-order chi connectivity index (χ1) is 43.1. The predicted molar refractivity (Wildman–Crippen MR) is 378 cm³/mol. The minimum Gasteiger partial charge on any atom is -0.121 e. The maximum atomic E-state index is 10.5. The molecule has 0 spiro atoms. The van der Waals surface area contributed by atoms with Crippen molar-refractivity contribution < 1.29 is 32.9 Å². The number of hydrogen-bond donors (Lipinski definition) is 0. The van der Waals surface area contributed by atoms with Crippen LogP contribution in [0.4, 0.5) is 32.9 Å². The Morgan fingerprint density at radius 3 is 0.411 bits per heavy atom. The summed E-state index contributed by atoms with van der Waals surface area (Å²) in [4.78, 5) is 0. The van der Waals surface area contributed by atoms with Crippen LogP contribution in [-0.2, 0) is 0 Å². The monoisotopic (exact) mass is 1310 g/mol. The Labute approximate surface area is 525 Å². The molecule has 2 nitrogen and oxygen atoms in total. The van der Waals surface area contributed by atoms with Crippen molar-refractivity contribution >= 4 is 110 Å². The SMILES string of the molecule is C[Si-](F)(F)(F)F.C[Si-](F)(F)(F)F.c1ccc(P(=N[P+](c2ccccc2)(c2ccccc2)c2ccccc2)(c2ccccc2)c2ccccc2)cc1.c1ccc(P(=N[P+](c2ccccc2)(c2ccccc2)c2ccccc2)(c2ccccc2)c2ccccc2)cc1. The molecule has 0 N–H and O–H groups in total. The molecule has 0 radical (unpaired) electrons. The van der Waals surface area contributed by atoms with Gasteiger partial charge in [0.25, 0.3) is 0 Å². The first-order valence-electron chi connectivity index (χ1n) is 28.9. The summed E-state index contributed by atoms with van der Waals surface area (Å²) in [7, 11) is -24.5. The van der Waals surface area contributed by atoms with Gasteiger partial charge in [-0.1, -0.05) is 291 Å². The van der Waals surface area contributed by atoms with Crippen molar-refractivity contribution in [3.05, 3.63) is 364 Å². The summed E-state index contributed by atoms with van der Waals surface area (Å²) in [5.74, 6) is 0. The Hall–Kier alpha value is -8.17. The molecule has 0 aliphatic heterocycles. The number of benzene rings is 12.